The maximum absolute atomic E-state index is 12.3. The SMILES string of the molecule is CCCC.O=C(NCCNCCNS(=O)(=O)c1ccc(Oc2ccccc2)cc1)O[P+](=O)O. The summed E-state index contributed by atoms with van der Waals surface area (Å²) in [6, 6.07) is 15.2. The number of carbonyl (C=O) groups is 1. The van der Waals surface area contributed by atoms with E-state index in [1.807, 2.05) is 18.2 Å². The second-order valence-corrected chi connectivity index (χ2v) is 9.00. The Morgan fingerprint density at radius 1 is 0.909 bits per heavy atom. The molecule has 0 bridgehead atoms. The number of para-hydroxylation sites is 1. The molecule has 10 nitrogen and oxygen atoms in total. The third-order valence-corrected chi connectivity index (χ3v) is 5.74. The molecule has 2 aromatic rings. The van der Waals surface area contributed by atoms with Gasteiger partial charge in [-0.2, -0.15) is 4.52 Å². The lowest BCUT2D eigenvalue weighted by molar-refractivity contribution is 0.197. The molecule has 2 rings (SSSR count). The Labute approximate surface area is 195 Å². The van der Waals surface area contributed by atoms with Gasteiger partial charge in [0.2, 0.25) is 10.0 Å². The zero-order valence-corrected chi connectivity index (χ0v) is 20.4. The number of sulfonamides is 1. The van der Waals surface area contributed by atoms with Gasteiger partial charge < -0.3 is 15.4 Å². The van der Waals surface area contributed by atoms with E-state index in [0.717, 1.165) is 0 Å². The van der Waals surface area contributed by atoms with Crippen LogP contribution in [0.5, 0.6) is 11.5 Å². The van der Waals surface area contributed by atoms with Crippen LogP contribution < -0.4 is 20.1 Å². The van der Waals surface area contributed by atoms with Gasteiger partial charge in [0.25, 0.3) is 0 Å². The average molecular weight is 501 g/mol. The fraction of sp³-hybridized carbons (Fsp3) is 0.381. The molecule has 0 radical (unpaired) electrons. The van der Waals surface area contributed by atoms with Gasteiger partial charge in [-0.15, -0.1) is 4.89 Å². The summed E-state index contributed by atoms with van der Waals surface area (Å²) in [6.07, 6.45) is 1.64. The Balaban J connectivity index is 0.00000125. The average Bonchev–Trinajstić information content (AvgIpc) is 2.79. The molecule has 1 atom stereocenters. The van der Waals surface area contributed by atoms with Gasteiger partial charge in [0, 0.05) is 30.7 Å². The quantitative estimate of drug-likeness (QED) is 0.256. The molecule has 4 N–H and O–H groups in total. The summed E-state index contributed by atoms with van der Waals surface area (Å²) in [4.78, 5) is 19.4. The molecule has 0 fully saturated rings. The van der Waals surface area contributed by atoms with Crippen molar-refractivity contribution in [2.24, 2.45) is 0 Å². The van der Waals surface area contributed by atoms with E-state index in [1.54, 1.807) is 24.3 Å². The molecule has 182 valence electrons. The monoisotopic (exact) mass is 500 g/mol. The van der Waals surface area contributed by atoms with Crippen LogP contribution in [0.1, 0.15) is 26.7 Å². The van der Waals surface area contributed by atoms with Crippen LogP contribution in [0.2, 0.25) is 0 Å². The highest BCUT2D eigenvalue weighted by molar-refractivity contribution is 7.89. The number of unbranched alkanes of at least 4 members (excludes halogenated alkanes) is 1. The number of ether oxygens (including phenoxy) is 1. The van der Waals surface area contributed by atoms with E-state index in [-0.39, 0.29) is 18.0 Å². The molecule has 0 spiro atoms. The van der Waals surface area contributed by atoms with E-state index in [0.29, 0.717) is 24.6 Å². The molecule has 0 aromatic heterocycles. The maximum atomic E-state index is 12.3. The third-order valence-electron chi connectivity index (χ3n) is 3.94. The number of hydrogen-bond donors (Lipinski definition) is 4. The van der Waals surface area contributed by atoms with E-state index in [4.69, 9.17) is 9.63 Å². The summed E-state index contributed by atoms with van der Waals surface area (Å²) in [5.74, 6) is 1.17. The lowest BCUT2D eigenvalue weighted by atomic mass is 10.3. The Kier molecular flexibility index (Phi) is 13.9. The maximum Gasteiger partial charge on any atom is 0.752 e. The summed E-state index contributed by atoms with van der Waals surface area (Å²) < 4.78 is 46.9. The predicted octanol–water partition coefficient (Wildman–Crippen LogP) is 3.53. The molecule has 2 aromatic carbocycles. The van der Waals surface area contributed by atoms with Crippen molar-refractivity contribution in [1.82, 2.24) is 15.4 Å². The molecule has 0 aliphatic carbocycles. The summed E-state index contributed by atoms with van der Waals surface area (Å²) in [6.45, 7) is 5.29. The molecular formula is C21H31N3O7PS+. The van der Waals surface area contributed by atoms with Gasteiger partial charge in [0.1, 0.15) is 11.5 Å². The molecule has 12 heteroatoms. The standard InChI is InChI=1S/C17H20N3O7PS.C4H10/c21-17(27-28(22)23)19-12-10-18-11-13-20-29(24,25)16-8-6-15(7-9-16)26-14-4-2-1-3-5-14;1-3-4-2/h1-9,18,20H,10-13H2,(H-,19,21,22,23);3-4H2,1-2H3/p+1. The molecule has 0 saturated carbocycles. The van der Waals surface area contributed by atoms with E-state index in [9.17, 15) is 17.8 Å². The van der Waals surface area contributed by atoms with Gasteiger partial charge >= 0.3 is 14.3 Å². The van der Waals surface area contributed by atoms with Gasteiger partial charge in [-0.1, -0.05) is 44.9 Å². The Morgan fingerprint density at radius 2 is 1.48 bits per heavy atom. The van der Waals surface area contributed by atoms with Crippen molar-refractivity contribution >= 4 is 24.4 Å². The van der Waals surface area contributed by atoms with Gasteiger partial charge in [0.15, 0.2) is 0 Å². The minimum atomic E-state index is -3.67. The summed E-state index contributed by atoms with van der Waals surface area (Å²) in [5.41, 5.74) is 0. The highest BCUT2D eigenvalue weighted by atomic mass is 32.2. The van der Waals surface area contributed by atoms with Crippen LogP contribution in [-0.4, -0.2) is 45.6 Å². The molecule has 0 aliphatic rings. The van der Waals surface area contributed by atoms with Crippen molar-refractivity contribution in [3.63, 3.8) is 0 Å². The van der Waals surface area contributed by atoms with Crippen LogP contribution in [0.4, 0.5) is 4.79 Å². The zero-order chi connectivity index (χ0) is 24.5. The first-order valence-corrected chi connectivity index (χ1v) is 13.0. The van der Waals surface area contributed by atoms with Gasteiger partial charge in [-0.25, -0.2) is 17.9 Å². The van der Waals surface area contributed by atoms with Crippen molar-refractivity contribution < 1.29 is 31.9 Å². The van der Waals surface area contributed by atoms with Gasteiger partial charge in [0.05, 0.1) is 4.90 Å². The second-order valence-electron chi connectivity index (χ2n) is 6.58. The first-order chi connectivity index (χ1) is 15.8. The third kappa shape index (κ3) is 12.9. The number of amides is 1. The molecular weight excluding hydrogens is 469 g/mol. The fourth-order valence-corrected chi connectivity index (χ4v) is 3.39. The second kappa shape index (κ2) is 16.1. The zero-order valence-electron chi connectivity index (χ0n) is 18.7. The van der Waals surface area contributed by atoms with Crippen molar-refractivity contribution in [3.05, 3.63) is 54.6 Å². The largest absolute Gasteiger partial charge is 0.752 e. The van der Waals surface area contributed by atoms with Crippen LogP contribution in [-0.2, 0) is 19.1 Å². The van der Waals surface area contributed by atoms with Crippen molar-refractivity contribution in [2.45, 2.75) is 31.6 Å². The van der Waals surface area contributed by atoms with Crippen LogP contribution in [0.25, 0.3) is 0 Å². The van der Waals surface area contributed by atoms with Crippen LogP contribution in [0.15, 0.2) is 59.5 Å². The van der Waals surface area contributed by atoms with Crippen LogP contribution in [0, 0.1) is 0 Å². The Morgan fingerprint density at radius 3 is 2.06 bits per heavy atom. The van der Waals surface area contributed by atoms with Gasteiger partial charge in [-0.05, 0) is 36.4 Å². The summed E-state index contributed by atoms with van der Waals surface area (Å²) >= 11 is 0. The number of rotatable bonds is 12. The minimum Gasteiger partial charge on any atom is -0.457 e. The van der Waals surface area contributed by atoms with E-state index in [2.05, 4.69) is 33.7 Å². The number of hydrogen-bond acceptors (Lipinski definition) is 7. The Bertz CT molecular complexity index is 940. The highest BCUT2D eigenvalue weighted by Gasteiger charge is 2.19. The molecule has 0 saturated heterocycles. The smallest absolute Gasteiger partial charge is 0.457 e. The van der Waals surface area contributed by atoms with Crippen molar-refractivity contribution in [2.75, 3.05) is 26.2 Å². The molecule has 0 heterocycles. The summed E-state index contributed by atoms with van der Waals surface area (Å²) in [7, 11) is -6.65. The summed E-state index contributed by atoms with van der Waals surface area (Å²) in [5, 5.41) is 5.15. The minimum absolute atomic E-state index is 0.112. The molecule has 1 unspecified atom stereocenters. The van der Waals surface area contributed by atoms with Crippen molar-refractivity contribution in [1.29, 1.82) is 0 Å². The fourth-order valence-electron chi connectivity index (χ4n) is 2.15. The van der Waals surface area contributed by atoms with E-state index < -0.39 is 24.4 Å². The lowest BCUT2D eigenvalue weighted by Crippen LogP contribution is -2.36. The van der Waals surface area contributed by atoms with Crippen LogP contribution >= 0.6 is 8.25 Å². The first-order valence-electron chi connectivity index (χ1n) is 10.4. The van der Waals surface area contributed by atoms with Gasteiger partial charge in [-0.3, -0.25) is 0 Å². The number of benzene rings is 2. The Hall–Kier alpha value is -2.56. The number of nitrogens with one attached hydrogen (secondary N) is 3. The number of carbonyl (C=O) groups excluding carboxylic acids is 1. The normalized spacial score (nSPS) is 11.1. The van der Waals surface area contributed by atoms with Crippen LogP contribution in [0.3, 0.4) is 0 Å². The lowest BCUT2D eigenvalue weighted by Gasteiger charge is -2.09. The molecule has 33 heavy (non-hydrogen) atoms. The topological polar surface area (TPSA) is 143 Å². The van der Waals surface area contributed by atoms with E-state index >= 15 is 0 Å². The van der Waals surface area contributed by atoms with Crippen molar-refractivity contribution in [3.8, 4) is 11.5 Å². The predicted molar refractivity (Wildman–Crippen MR) is 126 cm³/mol. The molecule has 1 amide bonds. The highest BCUT2D eigenvalue weighted by Crippen LogP contribution is 2.22. The van der Waals surface area contributed by atoms with E-state index in [1.165, 1.54) is 25.0 Å². The first kappa shape index (κ1) is 28.5. The molecule has 0 aliphatic heterocycles.